The molecule has 0 bridgehead atoms. The highest BCUT2D eigenvalue weighted by Crippen LogP contribution is 2.21. The maximum Gasteiger partial charge on any atom is 0.103 e. The molecule has 13 heavy (non-hydrogen) atoms. The Morgan fingerprint density at radius 2 is 2.31 bits per heavy atom. The molecule has 0 aromatic carbocycles. The van der Waals surface area contributed by atoms with E-state index in [1.165, 1.54) is 21.3 Å². The molecule has 0 unspecified atom stereocenters. The molecule has 0 atom stereocenters. The second-order valence-corrected chi connectivity index (χ2v) is 5.23. The van der Waals surface area contributed by atoms with Crippen molar-refractivity contribution >= 4 is 23.1 Å². The van der Waals surface area contributed by atoms with Gasteiger partial charge in [-0.05, 0) is 19.7 Å². The summed E-state index contributed by atoms with van der Waals surface area (Å²) in [6, 6.07) is 0. The first-order valence-electron chi connectivity index (χ1n) is 4.45. The van der Waals surface area contributed by atoms with E-state index in [-0.39, 0.29) is 0 Å². The summed E-state index contributed by atoms with van der Waals surface area (Å²) >= 11 is 3.76. The summed E-state index contributed by atoms with van der Waals surface area (Å²) < 4.78 is 0. The topological polar surface area (TPSA) is 24.9 Å². The fourth-order valence-corrected chi connectivity index (χ4v) is 2.87. The number of aromatic nitrogens is 1. The second-order valence-electron chi connectivity index (χ2n) is 2.78. The minimum absolute atomic E-state index is 0.945. The highest BCUT2D eigenvalue weighted by Gasteiger charge is 2.05. The van der Waals surface area contributed by atoms with Crippen molar-refractivity contribution < 1.29 is 0 Å². The zero-order chi connectivity index (χ0) is 9.68. The Labute approximate surface area is 88.2 Å². The molecule has 0 saturated carbocycles. The number of aryl methyl sites for hydroxylation is 1. The SMILES string of the molecule is CCSCc1nc(C)c(CNC)s1. The van der Waals surface area contributed by atoms with Gasteiger partial charge < -0.3 is 5.32 Å². The number of thioether (sulfide) groups is 1. The number of rotatable bonds is 5. The molecule has 0 saturated heterocycles. The lowest BCUT2D eigenvalue weighted by molar-refractivity contribution is 0.822. The first-order chi connectivity index (χ1) is 6.27. The first-order valence-corrected chi connectivity index (χ1v) is 6.42. The molecule has 1 heterocycles. The van der Waals surface area contributed by atoms with Crippen LogP contribution in [0.1, 0.15) is 22.5 Å². The number of thiazole rings is 1. The molecule has 0 aliphatic rings. The third-order valence-corrected chi connectivity index (χ3v) is 3.93. The molecule has 0 fully saturated rings. The van der Waals surface area contributed by atoms with Gasteiger partial charge in [-0.3, -0.25) is 0 Å². The van der Waals surface area contributed by atoms with Gasteiger partial charge in [0.1, 0.15) is 5.01 Å². The van der Waals surface area contributed by atoms with E-state index in [0.29, 0.717) is 0 Å². The third kappa shape index (κ3) is 3.29. The monoisotopic (exact) mass is 216 g/mol. The Kier molecular flexibility index (Phi) is 4.77. The van der Waals surface area contributed by atoms with Gasteiger partial charge >= 0.3 is 0 Å². The van der Waals surface area contributed by atoms with Gasteiger partial charge in [0.2, 0.25) is 0 Å². The second kappa shape index (κ2) is 5.62. The standard InChI is InChI=1S/C9H16N2S2/c1-4-12-6-9-11-7(2)8(13-9)5-10-3/h10H,4-6H2,1-3H3. The molecule has 0 aliphatic carbocycles. The van der Waals surface area contributed by atoms with Crippen LogP contribution in [0.4, 0.5) is 0 Å². The number of nitrogens with zero attached hydrogens (tertiary/aromatic N) is 1. The predicted octanol–water partition coefficient (Wildman–Crippen LogP) is 2.42. The van der Waals surface area contributed by atoms with E-state index in [0.717, 1.165) is 12.3 Å². The molecule has 74 valence electrons. The zero-order valence-electron chi connectivity index (χ0n) is 8.39. The molecule has 1 rings (SSSR count). The van der Waals surface area contributed by atoms with Crippen molar-refractivity contribution in [2.75, 3.05) is 12.8 Å². The van der Waals surface area contributed by atoms with Gasteiger partial charge in [0.15, 0.2) is 0 Å². The molecule has 1 N–H and O–H groups in total. The summed E-state index contributed by atoms with van der Waals surface area (Å²) in [6.45, 7) is 5.21. The van der Waals surface area contributed by atoms with Crippen molar-refractivity contribution in [3.8, 4) is 0 Å². The fourth-order valence-electron chi connectivity index (χ4n) is 1.06. The van der Waals surface area contributed by atoms with Crippen molar-refractivity contribution in [2.45, 2.75) is 26.1 Å². The Hall–Kier alpha value is -0.0600. The molecular formula is C9H16N2S2. The van der Waals surface area contributed by atoms with Gasteiger partial charge in [0, 0.05) is 17.2 Å². The predicted molar refractivity (Wildman–Crippen MR) is 61.5 cm³/mol. The lowest BCUT2D eigenvalue weighted by Gasteiger charge is -1.93. The number of nitrogens with one attached hydrogen (secondary N) is 1. The normalized spacial score (nSPS) is 10.7. The van der Waals surface area contributed by atoms with Crippen LogP contribution in [0, 0.1) is 6.92 Å². The summed E-state index contributed by atoms with van der Waals surface area (Å²) in [5.74, 6) is 2.23. The first kappa shape index (κ1) is 11.0. The Balaban J connectivity index is 2.59. The Morgan fingerprint density at radius 1 is 1.54 bits per heavy atom. The number of hydrogen-bond donors (Lipinski definition) is 1. The molecule has 0 radical (unpaired) electrons. The molecule has 1 aromatic rings. The molecule has 0 spiro atoms. The summed E-state index contributed by atoms with van der Waals surface area (Å²) in [5.41, 5.74) is 1.19. The van der Waals surface area contributed by atoms with Crippen molar-refractivity contribution in [3.63, 3.8) is 0 Å². The Morgan fingerprint density at radius 3 is 2.92 bits per heavy atom. The van der Waals surface area contributed by atoms with Gasteiger partial charge in [-0.15, -0.1) is 11.3 Å². The van der Waals surface area contributed by atoms with Gasteiger partial charge in [0.25, 0.3) is 0 Å². The highest BCUT2D eigenvalue weighted by atomic mass is 32.2. The van der Waals surface area contributed by atoms with Gasteiger partial charge in [0.05, 0.1) is 5.69 Å². The van der Waals surface area contributed by atoms with Gasteiger partial charge in [-0.2, -0.15) is 11.8 Å². The van der Waals surface area contributed by atoms with Crippen LogP contribution in [0.5, 0.6) is 0 Å². The molecule has 1 aromatic heterocycles. The minimum atomic E-state index is 0.945. The maximum absolute atomic E-state index is 4.52. The van der Waals surface area contributed by atoms with E-state index in [4.69, 9.17) is 0 Å². The Bertz CT molecular complexity index is 258. The van der Waals surface area contributed by atoms with Crippen LogP contribution < -0.4 is 5.32 Å². The summed E-state index contributed by atoms with van der Waals surface area (Å²) in [7, 11) is 1.97. The van der Waals surface area contributed by atoms with E-state index in [9.17, 15) is 0 Å². The van der Waals surface area contributed by atoms with Crippen LogP contribution in [-0.2, 0) is 12.3 Å². The lowest BCUT2D eigenvalue weighted by atomic mass is 10.4. The van der Waals surface area contributed by atoms with E-state index in [1.807, 2.05) is 30.1 Å². The quantitative estimate of drug-likeness (QED) is 0.818. The van der Waals surface area contributed by atoms with Crippen LogP contribution in [-0.4, -0.2) is 17.8 Å². The molecular weight excluding hydrogens is 200 g/mol. The summed E-state index contributed by atoms with van der Waals surface area (Å²) in [6.07, 6.45) is 0. The van der Waals surface area contributed by atoms with Crippen LogP contribution in [0.2, 0.25) is 0 Å². The molecule has 4 heteroatoms. The fraction of sp³-hybridized carbons (Fsp3) is 0.667. The lowest BCUT2D eigenvalue weighted by Crippen LogP contribution is -2.04. The summed E-state index contributed by atoms with van der Waals surface area (Å²) in [4.78, 5) is 5.89. The van der Waals surface area contributed by atoms with Crippen LogP contribution >= 0.6 is 23.1 Å². The van der Waals surface area contributed by atoms with Gasteiger partial charge in [-0.1, -0.05) is 6.92 Å². The maximum atomic E-state index is 4.52. The van der Waals surface area contributed by atoms with Gasteiger partial charge in [-0.25, -0.2) is 4.98 Å². The van der Waals surface area contributed by atoms with Crippen LogP contribution in [0.15, 0.2) is 0 Å². The third-order valence-electron chi connectivity index (χ3n) is 1.70. The minimum Gasteiger partial charge on any atom is -0.315 e. The van der Waals surface area contributed by atoms with Crippen LogP contribution in [0.3, 0.4) is 0 Å². The molecule has 2 nitrogen and oxygen atoms in total. The van der Waals surface area contributed by atoms with E-state index in [2.05, 4.69) is 24.1 Å². The van der Waals surface area contributed by atoms with E-state index in [1.54, 1.807) is 0 Å². The average molecular weight is 216 g/mol. The zero-order valence-corrected chi connectivity index (χ0v) is 10.0. The van der Waals surface area contributed by atoms with Crippen molar-refractivity contribution in [1.82, 2.24) is 10.3 Å². The number of hydrogen-bond acceptors (Lipinski definition) is 4. The average Bonchev–Trinajstić information content (AvgIpc) is 2.45. The molecule has 0 aliphatic heterocycles. The smallest absolute Gasteiger partial charge is 0.103 e. The van der Waals surface area contributed by atoms with Crippen molar-refractivity contribution in [1.29, 1.82) is 0 Å². The highest BCUT2D eigenvalue weighted by molar-refractivity contribution is 7.98. The van der Waals surface area contributed by atoms with E-state index >= 15 is 0 Å². The van der Waals surface area contributed by atoms with Crippen molar-refractivity contribution in [2.24, 2.45) is 0 Å². The molecule has 0 amide bonds. The largest absolute Gasteiger partial charge is 0.315 e. The van der Waals surface area contributed by atoms with Crippen molar-refractivity contribution in [3.05, 3.63) is 15.6 Å². The summed E-state index contributed by atoms with van der Waals surface area (Å²) in [5, 5.41) is 4.42. The van der Waals surface area contributed by atoms with Crippen LogP contribution in [0.25, 0.3) is 0 Å². The van der Waals surface area contributed by atoms with E-state index < -0.39 is 0 Å².